The number of amides is 2. The second kappa shape index (κ2) is 8.36. The maximum absolute atomic E-state index is 12.5. The first kappa shape index (κ1) is 18.6. The Morgan fingerprint density at radius 1 is 1.24 bits per heavy atom. The highest BCUT2D eigenvalue weighted by molar-refractivity contribution is 5.87. The van der Waals surface area contributed by atoms with Crippen LogP contribution in [-0.4, -0.2) is 50.0 Å². The van der Waals surface area contributed by atoms with Gasteiger partial charge in [-0.1, -0.05) is 38.1 Å². The van der Waals surface area contributed by atoms with Crippen LogP contribution in [0.2, 0.25) is 0 Å². The summed E-state index contributed by atoms with van der Waals surface area (Å²) in [4.78, 5) is 26.1. The van der Waals surface area contributed by atoms with Crippen LogP contribution in [0.4, 0.5) is 0 Å². The van der Waals surface area contributed by atoms with E-state index in [1.54, 1.807) is 18.9 Å². The maximum Gasteiger partial charge on any atom is 0.244 e. The first-order valence-electron chi connectivity index (χ1n) is 8.21. The van der Waals surface area contributed by atoms with Crippen molar-refractivity contribution in [1.29, 1.82) is 0 Å². The lowest BCUT2D eigenvalue weighted by Gasteiger charge is -2.24. The molecule has 8 nitrogen and oxygen atoms in total. The van der Waals surface area contributed by atoms with Crippen LogP contribution >= 0.6 is 0 Å². The van der Waals surface area contributed by atoms with E-state index in [2.05, 4.69) is 40.8 Å². The SMILES string of the molecule is CC(C)c1ccccc1CN(C)C(=O)[C@@H](C)NC(=O)Cn1cnnn1. The smallest absolute Gasteiger partial charge is 0.244 e. The van der Waals surface area contributed by atoms with Gasteiger partial charge in [0, 0.05) is 13.6 Å². The van der Waals surface area contributed by atoms with Gasteiger partial charge >= 0.3 is 0 Å². The zero-order chi connectivity index (χ0) is 18.4. The van der Waals surface area contributed by atoms with E-state index in [0.717, 1.165) is 5.56 Å². The lowest BCUT2D eigenvalue weighted by Crippen LogP contribution is -2.46. The highest BCUT2D eigenvalue weighted by Crippen LogP contribution is 2.20. The fraction of sp³-hybridized carbons (Fsp3) is 0.471. The molecule has 1 aromatic heterocycles. The van der Waals surface area contributed by atoms with Crippen molar-refractivity contribution in [2.45, 2.75) is 45.8 Å². The summed E-state index contributed by atoms with van der Waals surface area (Å²) >= 11 is 0. The van der Waals surface area contributed by atoms with E-state index in [9.17, 15) is 9.59 Å². The van der Waals surface area contributed by atoms with Crippen LogP contribution in [0.25, 0.3) is 0 Å². The third-order valence-corrected chi connectivity index (χ3v) is 3.91. The predicted molar refractivity (Wildman–Crippen MR) is 92.4 cm³/mol. The predicted octanol–water partition coefficient (Wildman–Crippen LogP) is 0.960. The zero-order valence-electron chi connectivity index (χ0n) is 15.0. The number of hydrogen-bond acceptors (Lipinski definition) is 5. The van der Waals surface area contributed by atoms with Gasteiger partial charge in [0.1, 0.15) is 18.9 Å². The van der Waals surface area contributed by atoms with E-state index < -0.39 is 6.04 Å². The number of tetrazole rings is 1. The Morgan fingerprint density at radius 2 is 1.96 bits per heavy atom. The number of benzene rings is 1. The summed E-state index contributed by atoms with van der Waals surface area (Å²) in [6.07, 6.45) is 1.35. The molecule has 2 rings (SSSR count). The Bertz CT molecular complexity index is 714. The molecule has 2 amide bonds. The fourth-order valence-corrected chi connectivity index (χ4v) is 2.65. The number of carbonyl (C=O) groups excluding carboxylic acids is 2. The Morgan fingerprint density at radius 3 is 2.60 bits per heavy atom. The second-order valence-corrected chi connectivity index (χ2v) is 6.34. The number of rotatable bonds is 7. The summed E-state index contributed by atoms with van der Waals surface area (Å²) in [5, 5.41) is 13.2. The molecule has 0 saturated heterocycles. The standard InChI is InChI=1S/C17H24N6O2/c1-12(2)15-8-6-5-7-14(15)9-22(4)17(25)13(3)19-16(24)10-23-11-18-20-21-23/h5-8,11-13H,9-10H2,1-4H3,(H,19,24)/t13-/m1/s1. The van der Waals surface area contributed by atoms with Gasteiger partial charge < -0.3 is 10.2 Å². The van der Waals surface area contributed by atoms with Crippen molar-refractivity contribution < 1.29 is 9.59 Å². The molecular weight excluding hydrogens is 320 g/mol. The highest BCUT2D eigenvalue weighted by Gasteiger charge is 2.20. The average Bonchev–Trinajstić information content (AvgIpc) is 3.07. The van der Waals surface area contributed by atoms with Crippen LogP contribution in [0.15, 0.2) is 30.6 Å². The van der Waals surface area contributed by atoms with Gasteiger partial charge in [0.25, 0.3) is 0 Å². The fourth-order valence-electron chi connectivity index (χ4n) is 2.65. The molecule has 0 radical (unpaired) electrons. The summed E-state index contributed by atoms with van der Waals surface area (Å²) in [6, 6.07) is 7.45. The average molecular weight is 344 g/mol. The second-order valence-electron chi connectivity index (χ2n) is 6.34. The first-order chi connectivity index (χ1) is 11.9. The normalized spacial score (nSPS) is 12.0. The van der Waals surface area contributed by atoms with Crippen LogP contribution in [-0.2, 0) is 22.7 Å². The largest absolute Gasteiger partial charge is 0.343 e. The van der Waals surface area contributed by atoms with E-state index in [-0.39, 0.29) is 18.4 Å². The van der Waals surface area contributed by atoms with E-state index in [1.165, 1.54) is 16.6 Å². The number of nitrogens with one attached hydrogen (secondary N) is 1. The van der Waals surface area contributed by atoms with Crippen LogP contribution in [0.5, 0.6) is 0 Å². The van der Waals surface area contributed by atoms with Crippen molar-refractivity contribution in [2.24, 2.45) is 0 Å². The molecule has 0 aliphatic carbocycles. The van der Waals surface area contributed by atoms with Gasteiger partial charge in [-0.25, -0.2) is 4.68 Å². The maximum atomic E-state index is 12.5. The van der Waals surface area contributed by atoms with Crippen LogP contribution in [0.3, 0.4) is 0 Å². The number of aromatic nitrogens is 4. The molecule has 1 atom stereocenters. The summed E-state index contributed by atoms with van der Waals surface area (Å²) < 4.78 is 1.30. The number of nitrogens with zero attached hydrogens (tertiary/aromatic N) is 5. The first-order valence-corrected chi connectivity index (χ1v) is 8.21. The van der Waals surface area contributed by atoms with Crippen molar-refractivity contribution >= 4 is 11.8 Å². The van der Waals surface area contributed by atoms with Gasteiger partial charge in [-0.2, -0.15) is 0 Å². The van der Waals surface area contributed by atoms with Crippen molar-refractivity contribution in [1.82, 2.24) is 30.4 Å². The van der Waals surface area contributed by atoms with Crippen molar-refractivity contribution in [3.8, 4) is 0 Å². The molecule has 25 heavy (non-hydrogen) atoms. The number of likely N-dealkylation sites (N-methyl/N-ethyl adjacent to an activating group) is 1. The summed E-state index contributed by atoms with van der Waals surface area (Å²) in [5.74, 6) is -0.0825. The molecule has 2 aromatic rings. The van der Waals surface area contributed by atoms with E-state index in [4.69, 9.17) is 0 Å². The van der Waals surface area contributed by atoms with Gasteiger partial charge in [0.2, 0.25) is 11.8 Å². The molecule has 134 valence electrons. The third kappa shape index (κ3) is 5.10. The molecule has 0 spiro atoms. The minimum atomic E-state index is -0.625. The zero-order valence-corrected chi connectivity index (χ0v) is 15.0. The Balaban J connectivity index is 1.94. The molecule has 0 bridgehead atoms. The highest BCUT2D eigenvalue weighted by atomic mass is 16.2. The molecule has 0 aliphatic rings. The number of hydrogen-bond donors (Lipinski definition) is 1. The molecule has 0 unspecified atom stereocenters. The minimum absolute atomic E-state index is 0.0233. The van der Waals surface area contributed by atoms with Crippen molar-refractivity contribution in [3.05, 3.63) is 41.7 Å². The Labute approximate surface area is 147 Å². The van der Waals surface area contributed by atoms with Crippen LogP contribution in [0.1, 0.15) is 37.8 Å². The Kier molecular flexibility index (Phi) is 6.21. The van der Waals surface area contributed by atoms with Crippen molar-refractivity contribution in [3.63, 3.8) is 0 Å². The molecule has 1 N–H and O–H groups in total. The van der Waals surface area contributed by atoms with Gasteiger partial charge in [0.15, 0.2) is 0 Å². The van der Waals surface area contributed by atoms with Gasteiger partial charge in [-0.15, -0.1) is 5.10 Å². The van der Waals surface area contributed by atoms with E-state index >= 15 is 0 Å². The molecular formula is C17H24N6O2. The topological polar surface area (TPSA) is 93.0 Å². The Hall–Kier alpha value is -2.77. The van der Waals surface area contributed by atoms with Crippen molar-refractivity contribution in [2.75, 3.05) is 7.05 Å². The van der Waals surface area contributed by atoms with E-state index in [1.807, 2.05) is 18.2 Å². The molecule has 8 heteroatoms. The van der Waals surface area contributed by atoms with Gasteiger partial charge in [-0.3, -0.25) is 9.59 Å². The molecule has 0 fully saturated rings. The number of carbonyl (C=O) groups is 2. The van der Waals surface area contributed by atoms with Crippen LogP contribution in [0, 0.1) is 0 Å². The molecule has 1 heterocycles. The van der Waals surface area contributed by atoms with Gasteiger partial charge in [0.05, 0.1) is 0 Å². The monoisotopic (exact) mass is 344 g/mol. The summed E-state index contributed by atoms with van der Waals surface area (Å²) in [5.41, 5.74) is 2.33. The summed E-state index contributed by atoms with van der Waals surface area (Å²) in [7, 11) is 1.74. The molecule has 1 aromatic carbocycles. The third-order valence-electron chi connectivity index (χ3n) is 3.91. The van der Waals surface area contributed by atoms with Gasteiger partial charge in [-0.05, 0) is 34.4 Å². The summed E-state index contributed by atoms with van der Waals surface area (Å²) in [6.45, 7) is 6.40. The minimum Gasteiger partial charge on any atom is -0.343 e. The van der Waals surface area contributed by atoms with Crippen LogP contribution < -0.4 is 5.32 Å². The quantitative estimate of drug-likeness (QED) is 0.807. The molecule has 0 aliphatic heterocycles. The lowest BCUT2D eigenvalue weighted by molar-refractivity contribution is -0.135. The lowest BCUT2D eigenvalue weighted by atomic mass is 9.97. The van der Waals surface area contributed by atoms with E-state index in [0.29, 0.717) is 12.5 Å². The molecule has 0 saturated carbocycles.